The van der Waals surface area contributed by atoms with Gasteiger partial charge < -0.3 is 9.47 Å². The van der Waals surface area contributed by atoms with Gasteiger partial charge in [-0.1, -0.05) is 51.3 Å². The van der Waals surface area contributed by atoms with Crippen LogP contribution < -0.4 is 9.47 Å². The van der Waals surface area contributed by atoms with Crippen LogP contribution in [0.4, 0.5) is 0 Å². The molecule has 1 aliphatic carbocycles. The number of carbonyl (C=O) groups is 2. The van der Waals surface area contributed by atoms with Crippen LogP contribution in [0.2, 0.25) is 0 Å². The molecular weight excluding hydrogens is 376 g/mol. The summed E-state index contributed by atoms with van der Waals surface area (Å²) >= 11 is 0. The molecule has 4 heteroatoms. The Hall–Kier alpha value is -2.88. The summed E-state index contributed by atoms with van der Waals surface area (Å²) in [5.41, 5.74) is 2.61. The normalized spacial score (nSPS) is 15.6. The first-order valence-electron chi connectivity index (χ1n) is 10.5. The van der Waals surface area contributed by atoms with Gasteiger partial charge in [0.15, 0.2) is 0 Å². The SMILES string of the molecule is C=C(C)C(=O)Oc1c2c(c(OC(=O)C(=C)C)c3ccccc13)CC(CC(C)C)CC2. The van der Waals surface area contributed by atoms with Gasteiger partial charge in [0.05, 0.1) is 0 Å². The van der Waals surface area contributed by atoms with Gasteiger partial charge in [-0.3, -0.25) is 0 Å². The van der Waals surface area contributed by atoms with Gasteiger partial charge in [0, 0.05) is 33.0 Å². The lowest BCUT2D eigenvalue weighted by Crippen LogP contribution is -2.21. The molecule has 0 spiro atoms. The highest BCUT2D eigenvalue weighted by atomic mass is 16.5. The van der Waals surface area contributed by atoms with Crippen LogP contribution in [-0.2, 0) is 22.4 Å². The van der Waals surface area contributed by atoms with E-state index in [0.717, 1.165) is 47.6 Å². The molecule has 0 bridgehead atoms. The minimum Gasteiger partial charge on any atom is -0.422 e. The lowest BCUT2D eigenvalue weighted by Gasteiger charge is -2.30. The van der Waals surface area contributed by atoms with Gasteiger partial charge in [0.25, 0.3) is 0 Å². The second kappa shape index (κ2) is 8.86. The molecule has 1 aliphatic rings. The van der Waals surface area contributed by atoms with Crippen LogP contribution >= 0.6 is 0 Å². The summed E-state index contributed by atoms with van der Waals surface area (Å²) in [6, 6.07) is 7.59. The average Bonchev–Trinajstić information content (AvgIpc) is 2.69. The molecule has 0 fully saturated rings. The first-order chi connectivity index (χ1) is 14.2. The molecule has 0 amide bonds. The maximum absolute atomic E-state index is 12.4. The zero-order valence-corrected chi connectivity index (χ0v) is 18.3. The minimum atomic E-state index is -0.446. The van der Waals surface area contributed by atoms with E-state index in [1.807, 2.05) is 24.3 Å². The number of hydrogen-bond acceptors (Lipinski definition) is 4. The van der Waals surface area contributed by atoms with Gasteiger partial charge in [-0.05, 0) is 51.4 Å². The van der Waals surface area contributed by atoms with Crippen molar-refractivity contribution in [3.8, 4) is 11.5 Å². The maximum Gasteiger partial charge on any atom is 0.338 e. The molecular formula is C26H30O4. The van der Waals surface area contributed by atoms with Crippen molar-refractivity contribution in [2.24, 2.45) is 11.8 Å². The number of ether oxygens (including phenoxy) is 2. The molecule has 3 rings (SSSR count). The van der Waals surface area contributed by atoms with E-state index in [-0.39, 0.29) is 0 Å². The lowest BCUT2D eigenvalue weighted by molar-refractivity contribution is -0.131. The Morgan fingerprint density at radius 1 is 0.967 bits per heavy atom. The predicted molar refractivity (Wildman–Crippen MR) is 120 cm³/mol. The van der Waals surface area contributed by atoms with Crippen LogP contribution in [0, 0.1) is 11.8 Å². The van der Waals surface area contributed by atoms with Crippen molar-refractivity contribution in [3.05, 3.63) is 59.7 Å². The number of fused-ring (bicyclic) bond motifs is 2. The predicted octanol–water partition coefficient (Wildman–Crippen LogP) is 5.95. The summed E-state index contributed by atoms with van der Waals surface area (Å²) in [5.74, 6) is 1.31. The summed E-state index contributed by atoms with van der Waals surface area (Å²) in [4.78, 5) is 24.8. The second-order valence-electron chi connectivity index (χ2n) is 8.74. The fourth-order valence-corrected chi connectivity index (χ4v) is 4.16. The monoisotopic (exact) mass is 406 g/mol. The minimum absolute atomic E-state index is 0.346. The van der Waals surface area contributed by atoms with Crippen molar-refractivity contribution >= 4 is 22.7 Å². The Kier molecular flexibility index (Phi) is 6.45. The highest BCUT2D eigenvalue weighted by Crippen LogP contribution is 2.46. The van der Waals surface area contributed by atoms with Gasteiger partial charge in [0.2, 0.25) is 0 Å². The summed E-state index contributed by atoms with van der Waals surface area (Å²) in [6.45, 7) is 15.1. The molecule has 0 aliphatic heterocycles. The largest absolute Gasteiger partial charge is 0.422 e. The van der Waals surface area contributed by atoms with E-state index in [4.69, 9.17) is 9.47 Å². The number of benzene rings is 2. The Morgan fingerprint density at radius 3 is 1.93 bits per heavy atom. The maximum atomic E-state index is 12.4. The number of hydrogen-bond donors (Lipinski definition) is 0. The molecule has 2 aromatic rings. The summed E-state index contributed by atoms with van der Waals surface area (Å²) in [5, 5.41) is 1.53. The van der Waals surface area contributed by atoms with Gasteiger partial charge in [-0.15, -0.1) is 0 Å². The van der Waals surface area contributed by atoms with E-state index in [2.05, 4.69) is 27.0 Å². The molecule has 0 N–H and O–H groups in total. The smallest absolute Gasteiger partial charge is 0.338 e. The fourth-order valence-electron chi connectivity index (χ4n) is 4.16. The van der Waals surface area contributed by atoms with Crippen LogP contribution in [0.25, 0.3) is 10.8 Å². The van der Waals surface area contributed by atoms with Crippen molar-refractivity contribution < 1.29 is 19.1 Å². The van der Waals surface area contributed by atoms with Gasteiger partial charge in [0.1, 0.15) is 11.5 Å². The van der Waals surface area contributed by atoms with Crippen LogP contribution in [0.3, 0.4) is 0 Å². The van der Waals surface area contributed by atoms with Crippen molar-refractivity contribution in [1.82, 2.24) is 0 Å². The van der Waals surface area contributed by atoms with Crippen LogP contribution in [0.5, 0.6) is 11.5 Å². The molecule has 0 radical (unpaired) electrons. The zero-order chi connectivity index (χ0) is 22.0. The third-order valence-electron chi connectivity index (χ3n) is 5.52. The van der Waals surface area contributed by atoms with E-state index < -0.39 is 11.9 Å². The lowest BCUT2D eigenvalue weighted by atomic mass is 9.78. The quantitative estimate of drug-likeness (QED) is 0.338. The van der Waals surface area contributed by atoms with E-state index in [1.54, 1.807) is 13.8 Å². The Bertz CT molecular complexity index is 1030. The zero-order valence-electron chi connectivity index (χ0n) is 18.3. The van der Waals surface area contributed by atoms with Crippen LogP contribution in [0.1, 0.15) is 51.7 Å². The fraction of sp³-hybridized carbons (Fsp3) is 0.385. The molecule has 1 atom stereocenters. The standard InChI is InChI=1S/C26H30O4/c1-15(2)13-18-11-12-21-22(14-18)24(30-26(28)17(5)6)20-10-8-7-9-19(20)23(21)29-25(27)16(3)4/h7-10,15,18H,3,5,11-14H2,1-2,4,6H3. The van der Waals surface area contributed by atoms with Gasteiger partial charge >= 0.3 is 11.9 Å². The molecule has 0 saturated carbocycles. The first kappa shape index (κ1) is 21.8. The Labute approximate surface area is 178 Å². The van der Waals surface area contributed by atoms with Crippen molar-refractivity contribution in [1.29, 1.82) is 0 Å². The van der Waals surface area contributed by atoms with E-state index in [9.17, 15) is 9.59 Å². The molecule has 2 aromatic carbocycles. The van der Waals surface area contributed by atoms with Gasteiger partial charge in [-0.2, -0.15) is 0 Å². The highest BCUT2D eigenvalue weighted by molar-refractivity contribution is 6.01. The number of rotatable bonds is 6. The molecule has 1 unspecified atom stereocenters. The van der Waals surface area contributed by atoms with Crippen molar-refractivity contribution in [2.45, 2.75) is 53.4 Å². The number of esters is 2. The number of carbonyl (C=O) groups excluding carboxylic acids is 2. The van der Waals surface area contributed by atoms with Crippen LogP contribution in [0.15, 0.2) is 48.6 Å². The molecule has 158 valence electrons. The third-order valence-corrected chi connectivity index (χ3v) is 5.52. The van der Waals surface area contributed by atoms with E-state index in [1.165, 1.54) is 0 Å². The van der Waals surface area contributed by atoms with Crippen LogP contribution in [-0.4, -0.2) is 11.9 Å². The highest BCUT2D eigenvalue weighted by Gasteiger charge is 2.30. The van der Waals surface area contributed by atoms with Gasteiger partial charge in [-0.25, -0.2) is 9.59 Å². The first-order valence-corrected chi connectivity index (χ1v) is 10.5. The molecule has 0 saturated heterocycles. The summed E-state index contributed by atoms with van der Waals surface area (Å²) < 4.78 is 11.7. The van der Waals surface area contributed by atoms with E-state index in [0.29, 0.717) is 34.5 Å². The summed E-state index contributed by atoms with van der Waals surface area (Å²) in [7, 11) is 0. The van der Waals surface area contributed by atoms with E-state index >= 15 is 0 Å². The summed E-state index contributed by atoms with van der Waals surface area (Å²) in [6.07, 6.45) is 3.67. The molecule has 30 heavy (non-hydrogen) atoms. The average molecular weight is 407 g/mol. The van der Waals surface area contributed by atoms with Crippen molar-refractivity contribution in [2.75, 3.05) is 0 Å². The molecule has 0 heterocycles. The topological polar surface area (TPSA) is 52.6 Å². The third kappa shape index (κ3) is 4.48. The Morgan fingerprint density at radius 2 is 1.47 bits per heavy atom. The molecule has 4 nitrogen and oxygen atoms in total. The molecule has 0 aromatic heterocycles. The Balaban J connectivity index is 2.23. The second-order valence-corrected chi connectivity index (χ2v) is 8.74. The van der Waals surface area contributed by atoms with Crippen molar-refractivity contribution in [3.63, 3.8) is 0 Å².